The molecule has 0 atom stereocenters. The maximum Gasteiger partial charge on any atom is 0.276 e. The van der Waals surface area contributed by atoms with Gasteiger partial charge in [0.15, 0.2) is 5.65 Å². The van der Waals surface area contributed by atoms with Gasteiger partial charge in [-0.2, -0.15) is 5.10 Å². The van der Waals surface area contributed by atoms with Crippen LogP contribution in [-0.2, 0) is 5.41 Å². The van der Waals surface area contributed by atoms with E-state index >= 15 is 0 Å². The molecule has 1 aromatic carbocycles. The molecule has 0 unspecified atom stereocenters. The van der Waals surface area contributed by atoms with Crippen molar-refractivity contribution in [1.82, 2.24) is 14.6 Å². The number of amides is 1. The van der Waals surface area contributed by atoms with Crippen molar-refractivity contribution in [2.45, 2.75) is 26.2 Å². The summed E-state index contributed by atoms with van der Waals surface area (Å²) in [6.45, 7) is 6.16. The molecule has 0 bridgehead atoms. The van der Waals surface area contributed by atoms with E-state index in [4.69, 9.17) is 11.6 Å². The van der Waals surface area contributed by atoms with Crippen molar-refractivity contribution < 1.29 is 9.18 Å². The molecule has 2 heterocycles. The number of hydrogen-bond donors (Lipinski definition) is 1. The number of nitrogens with one attached hydrogen (secondary N) is 1. The molecule has 3 rings (SSSR count). The van der Waals surface area contributed by atoms with E-state index in [9.17, 15) is 9.18 Å². The molecule has 3 aromatic rings. The van der Waals surface area contributed by atoms with Crippen molar-refractivity contribution in [1.29, 1.82) is 0 Å². The molecule has 7 heteroatoms. The summed E-state index contributed by atoms with van der Waals surface area (Å²) in [5.74, 6) is -1.04. The van der Waals surface area contributed by atoms with Gasteiger partial charge in [-0.3, -0.25) is 4.79 Å². The predicted molar refractivity (Wildman–Crippen MR) is 91.1 cm³/mol. The standard InChI is InChI=1S/C17H16ClFN4O/c1-17(2,3)14-9-23-15(21-14)7-6-13(22-23)16(24)20-10-4-5-11(18)12(19)8-10/h4-9H,1-3H3,(H,20,24). The van der Waals surface area contributed by atoms with Gasteiger partial charge in [-0.25, -0.2) is 13.9 Å². The van der Waals surface area contributed by atoms with Crippen LogP contribution >= 0.6 is 11.6 Å². The number of anilines is 1. The highest BCUT2D eigenvalue weighted by Gasteiger charge is 2.18. The van der Waals surface area contributed by atoms with E-state index in [0.717, 1.165) is 11.8 Å². The molecule has 2 aromatic heterocycles. The minimum Gasteiger partial charge on any atom is -0.320 e. The quantitative estimate of drug-likeness (QED) is 0.760. The van der Waals surface area contributed by atoms with Crippen molar-refractivity contribution in [3.8, 4) is 0 Å². The SMILES string of the molecule is CC(C)(C)c1cn2nc(C(=O)Nc3ccc(Cl)c(F)c3)ccc2n1. The zero-order chi connectivity index (χ0) is 17.5. The lowest BCUT2D eigenvalue weighted by Crippen LogP contribution is -2.15. The fraction of sp³-hybridized carbons (Fsp3) is 0.235. The third kappa shape index (κ3) is 3.23. The molecule has 0 spiro atoms. The second-order valence-corrected chi connectivity index (χ2v) is 6.89. The lowest BCUT2D eigenvalue weighted by atomic mass is 9.93. The summed E-state index contributed by atoms with van der Waals surface area (Å²) in [5, 5.41) is 6.86. The summed E-state index contributed by atoms with van der Waals surface area (Å²) in [6.07, 6.45) is 1.80. The van der Waals surface area contributed by atoms with Crippen LogP contribution in [0.2, 0.25) is 5.02 Å². The van der Waals surface area contributed by atoms with Gasteiger partial charge in [0.1, 0.15) is 11.5 Å². The summed E-state index contributed by atoms with van der Waals surface area (Å²) < 4.78 is 15.0. The number of hydrogen-bond acceptors (Lipinski definition) is 3. The summed E-state index contributed by atoms with van der Waals surface area (Å²) in [4.78, 5) is 16.8. The Hall–Kier alpha value is -2.47. The summed E-state index contributed by atoms with van der Waals surface area (Å²) in [7, 11) is 0. The largest absolute Gasteiger partial charge is 0.320 e. The van der Waals surface area contributed by atoms with Crippen molar-refractivity contribution in [3.63, 3.8) is 0 Å². The fourth-order valence-electron chi connectivity index (χ4n) is 2.13. The maximum atomic E-state index is 13.4. The van der Waals surface area contributed by atoms with Crippen molar-refractivity contribution >= 4 is 28.8 Å². The molecule has 1 amide bonds. The number of halogens is 2. The lowest BCUT2D eigenvalue weighted by Gasteiger charge is -2.13. The highest BCUT2D eigenvalue weighted by Crippen LogP contribution is 2.22. The molecule has 1 N–H and O–H groups in total. The number of fused-ring (bicyclic) bond motifs is 1. The molecule has 0 aliphatic heterocycles. The Morgan fingerprint density at radius 1 is 1.25 bits per heavy atom. The number of aromatic nitrogens is 3. The highest BCUT2D eigenvalue weighted by molar-refractivity contribution is 6.30. The van der Waals surface area contributed by atoms with Gasteiger partial charge in [-0.1, -0.05) is 32.4 Å². The van der Waals surface area contributed by atoms with Gasteiger partial charge in [0.05, 0.1) is 16.9 Å². The Labute approximate surface area is 143 Å². The number of carbonyl (C=O) groups excluding carboxylic acids is 1. The van der Waals surface area contributed by atoms with Gasteiger partial charge < -0.3 is 5.32 Å². The molecule has 24 heavy (non-hydrogen) atoms. The van der Waals surface area contributed by atoms with Gasteiger partial charge in [-0.15, -0.1) is 0 Å². The zero-order valence-corrected chi connectivity index (χ0v) is 14.2. The average Bonchev–Trinajstić information content (AvgIpc) is 2.94. The molecular formula is C17H16ClFN4O. The minimum atomic E-state index is -0.595. The first-order valence-electron chi connectivity index (χ1n) is 7.37. The minimum absolute atomic E-state index is 0.000619. The molecule has 5 nitrogen and oxygen atoms in total. The van der Waals surface area contributed by atoms with Gasteiger partial charge in [-0.05, 0) is 30.3 Å². The number of imidazole rings is 1. The van der Waals surface area contributed by atoms with E-state index in [1.807, 2.05) is 0 Å². The molecule has 0 aliphatic carbocycles. The smallest absolute Gasteiger partial charge is 0.276 e. The van der Waals surface area contributed by atoms with Gasteiger partial charge in [0.25, 0.3) is 5.91 Å². The van der Waals surface area contributed by atoms with E-state index in [0.29, 0.717) is 11.3 Å². The van der Waals surface area contributed by atoms with Crippen LogP contribution in [0.1, 0.15) is 37.0 Å². The summed E-state index contributed by atoms with van der Waals surface area (Å²) in [5.41, 5.74) is 1.94. The van der Waals surface area contributed by atoms with E-state index in [-0.39, 0.29) is 16.1 Å². The topological polar surface area (TPSA) is 59.3 Å². The third-order valence-corrected chi connectivity index (χ3v) is 3.81. The fourth-order valence-corrected chi connectivity index (χ4v) is 2.25. The van der Waals surface area contributed by atoms with Gasteiger partial charge in [0, 0.05) is 11.1 Å². The zero-order valence-electron chi connectivity index (χ0n) is 13.5. The second kappa shape index (κ2) is 5.87. The van der Waals surface area contributed by atoms with E-state index in [1.54, 1.807) is 22.8 Å². The Morgan fingerprint density at radius 2 is 2.00 bits per heavy atom. The van der Waals surface area contributed by atoms with Crippen LogP contribution in [0.25, 0.3) is 5.65 Å². The Morgan fingerprint density at radius 3 is 2.67 bits per heavy atom. The van der Waals surface area contributed by atoms with Crippen molar-refractivity contribution in [3.05, 3.63) is 58.8 Å². The molecule has 0 aliphatic rings. The van der Waals surface area contributed by atoms with Gasteiger partial charge >= 0.3 is 0 Å². The summed E-state index contributed by atoms with van der Waals surface area (Å²) in [6, 6.07) is 7.37. The first-order valence-corrected chi connectivity index (χ1v) is 7.75. The molecular weight excluding hydrogens is 331 g/mol. The molecule has 124 valence electrons. The maximum absolute atomic E-state index is 13.4. The predicted octanol–water partition coefficient (Wildman–Crippen LogP) is 4.07. The second-order valence-electron chi connectivity index (χ2n) is 6.48. The Kier molecular flexibility index (Phi) is 4.01. The van der Waals surface area contributed by atoms with Crippen molar-refractivity contribution in [2.24, 2.45) is 0 Å². The average molecular weight is 347 g/mol. The van der Waals surface area contributed by atoms with E-state index < -0.39 is 11.7 Å². The van der Waals surface area contributed by atoms with Crippen LogP contribution in [0.5, 0.6) is 0 Å². The van der Waals surface area contributed by atoms with Crippen LogP contribution in [0.4, 0.5) is 10.1 Å². The van der Waals surface area contributed by atoms with E-state index in [2.05, 4.69) is 36.2 Å². The number of nitrogens with zero attached hydrogens (tertiary/aromatic N) is 3. The molecule has 0 radical (unpaired) electrons. The number of rotatable bonds is 2. The molecule has 0 saturated heterocycles. The Balaban J connectivity index is 1.88. The van der Waals surface area contributed by atoms with Crippen LogP contribution < -0.4 is 5.32 Å². The number of benzene rings is 1. The number of carbonyl (C=O) groups is 1. The lowest BCUT2D eigenvalue weighted by molar-refractivity contribution is 0.102. The molecule has 0 saturated carbocycles. The van der Waals surface area contributed by atoms with E-state index in [1.165, 1.54) is 12.1 Å². The third-order valence-electron chi connectivity index (χ3n) is 3.50. The van der Waals surface area contributed by atoms with Crippen LogP contribution in [-0.4, -0.2) is 20.5 Å². The highest BCUT2D eigenvalue weighted by atomic mass is 35.5. The van der Waals surface area contributed by atoms with Gasteiger partial charge in [0.2, 0.25) is 0 Å². The first-order chi connectivity index (χ1) is 11.2. The molecule has 0 fully saturated rings. The summed E-state index contributed by atoms with van der Waals surface area (Å²) >= 11 is 5.63. The van der Waals surface area contributed by atoms with Crippen molar-refractivity contribution in [2.75, 3.05) is 5.32 Å². The first kappa shape index (κ1) is 16.4. The van der Waals surface area contributed by atoms with Crippen LogP contribution in [0, 0.1) is 5.82 Å². The Bertz CT molecular complexity index is 930. The normalized spacial score (nSPS) is 11.7. The van der Waals surface area contributed by atoms with Crippen LogP contribution in [0.3, 0.4) is 0 Å². The van der Waals surface area contributed by atoms with Crippen LogP contribution in [0.15, 0.2) is 36.5 Å². The monoisotopic (exact) mass is 346 g/mol.